The number of nitrogens with zero attached hydrogens (tertiary/aromatic N) is 1. The highest BCUT2D eigenvalue weighted by molar-refractivity contribution is 8.00. The van der Waals surface area contributed by atoms with Gasteiger partial charge in [0, 0.05) is 12.2 Å². The van der Waals surface area contributed by atoms with Crippen LogP contribution in [0.2, 0.25) is 0 Å². The highest BCUT2D eigenvalue weighted by Crippen LogP contribution is 2.34. The molecule has 5 heteroatoms. The summed E-state index contributed by atoms with van der Waals surface area (Å²) in [5.41, 5.74) is 0. The van der Waals surface area contributed by atoms with Gasteiger partial charge in [-0.05, 0) is 25.2 Å². The predicted octanol–water partition coefficient (Wildman–Crippen LogP) is 4.23. The van der Waals surface area contributed by atoms with Gasteiger partial charge in [-0.15, -0.1) is 11.8 Å². The van der Waals surface area contributed by atoms with Gasteiger partial charge in [0.15, 0.2) is 0 Å². The van der Waals surface area contributed by atoms with Crippen LogP contribution >= 0.6 is 11.8 Å². The molecular weight excluding hydrogens is 310 g/mol. The fourth-order valence-electron chi connectivity index (χ4n) is 2.73. The van der Waals surface area contributed by atoms with Crippen LogP contribution in [-0.2, 0) is 14.3 Å². The van der Waals surface area contributed by atoms with Crippen molar-refractivity contribution in [3.8, 4) is 0 Å². The van der Waals surface area contributed by atoms with Crippen LogP contribution in [0.5, 0.6) is 0 Å². The van der Waals surface area contributed by atoms with Crippen LogP contribution in [0.3, 0.4) is 0 Å². The summed E-state index contributed by atoms with van der Waals surface area (Å²) < 4.78 is 5.38. The third-order valence-electron chi connectivity index (χ3n) is 4.06. The molecule has 134 valence electrons. The molecule has 0 aromatic heterocycles. The van der Waals surface area contributed by atoms with E-state index < -0.39 is 6.04 Å². The van der Waals surface area contributed by atoms with Crippen LogP contribution in [0.25, 0.3) is 0 Å². The number of hydrogen-bond donors (Lipinski definition) is 0. The van der Waals surface area contributed by atoms with E-state index in [9.17, 15) is 9.59 Å². The normalized spacial score (nSPS) is 21.0. The van der Waals surface area contributed by atoms with Crippen molar-refractivity contribution in [2.24, 2.45) is 5.92 Å². The Kier molecular flexibility index (Phi) is 9.68. The molecule has 0 aromatic carbocycles. The predicted molar refractivity (Wildman–Crippen MR) is 96.3 cm³/mol. The zero-order valence-corrected chi connectivity index (χ0v) is 16.0. The highest BCUT2D eigenvalue weighted by Gasteiger charge is 2.42. The maximum absolute atomic E-state index is 12.7. The number of ether oxygens (including phenoxy) is 1. The average Bonchev–Trinajstić information content (AvgIpc) is 2.90. The van der Waals surface area contributed by atoms with Crippen LogP contribution in [0.1, 0.15) is 72.6 Å². The van der Waals surface area contributed by atoms with E-state index in [2.05, 4.69) is 27.7 Å². The van der Waals surface area contributed by atoms with Crippen LogP contribution in [0, 0.1) is 5.92 Å². The fraction of sp³-hybridized carbons (Fsp3) is 0.889. The number of carbonyl (C=O) groups excluding carboxylic acids is 2. The molecule has 23 heavy (non-hydrogen) atoms. The van der Waals surface area contributed by atoms with E-state index in [0.717, 1.165) is 38.5 Å². The summed E-state index contributed by atoms with van der Waals surface area (Å²) in [5.74, 6) is 1.07. The topological polar surface area (TPSA) is 46.6 Å². The SMILES string of the molecule is CCCCCC(=O)N1C(CC(C)C)SCC1C(=O)OCCCC. The second-order valence-electron chi connectivity index (χ2n) is 6.71. The zero-order chi connectivity index (χ0) is 17.2. The van der Waals surface area contributed by atoms with E-state index in [1.807, 2.05) is 4.90 Å². The first-order valence-corrected chi connectivity index (χ1v) is 10.2. The summed E-state index contributed by atoms with van der Waals surface area (Å²) >= 11 is 1.73. The van der Waals surface area contributed by atoms with E-state index in [1.165, 1.54) is 0 Å². The second kappa shape index (κ2) is 11.0. The van der Waals surface area contributed by atoms with Gasteiger partial charge in [-0.3, -0.25) is 4.79 Å². The number of hydrogen-bond acceptors (Lipinski definition) is 4. The molecule has 1 fully saturated rings. The minimum absolute atomic E-state index is 0.117. The van der Waals surface area contributed by atoms with Crippen LogP contribution in [-0.4, -0.2) is 40.6 Å². The van der Waals surface area contributed by atoms with Gasteiger partial charge in [0.2, 0.25) is 5.91 Å². The van der Waals surface area contributed by atoms with Gasteiger partial charge in [-0.1, -0.05) is 47.0 Å². The summed E-state index contributed by atoms with van der Waals surface area (Å²) in [4.78, 5) is 26.9. The lowest BCUT2D eigenvalue weighted by atomic mass is 10.1. The smallest absolute Gasteiger partial charge is 0.329 e. The molecule has 0 radical (unpaired) electrons. The van der Waals surface area contributed by atoms with E-state index >= 15 is 0 Å². The molecule has 2 unspecified atom stereocenters. The molecule has 0 aromatic rings. The second-order valence-corrected chi connectivity index (χ2v) is 7.92. The van der Waals surface area contributed by atoms with Crippen molar-refractivity contribution in [1.29, 1.82) is 0 Å². The number of esters is 1. The Bertz CT molecular complexity index is 373. The third kappa shape index (κ3) is 6.74. The summed E-state index contributed by atoms with van der Waals surface area (Å²) in [6, 6.07) is -0.394. The first kappa shape index (κ1) is 20.3. The Morgan fingerprint density at radius 3 is 2.48 bits per heavy atom. The van der Waals surface area contributed by atoms with Crippen molar-refractivity contribution in [1.82, 2.24) is 4.90 Å². The van der Waals surface area contributed by atoms with Gasteiger partial charge in [-0.25, -0.2) is 4.79 Å². The van der Waals surface area contributed by atoms with E-state index in [-0.39, 0.29) is 17.3 Å². The quantitative estimate of drug-likeness (QED) is 0.440. The monoisotopic (exact) mass is 343 g/mol. The van der Waals surface area contributed by atoms with Crippen LogP contribution in [0.4, 0.5) is 0 Å². The summed E-state index contributed by atoms with van der Waals surface area (Å²) in [6.07, 6.45) is 6.42. The number of carbonyl (C=O) groups is 2. The van der Waals surface area contributed by atoms with Crippen molar-refractivity contribution < 1.29 is 14.3 Å². The molecule has 0 saturated carbocycles. The number of unbranched alkanes of at least 4 members (excludes halogenated alkanes) is 3. The van der Waals surface area contributed by atoms with Crippen molar-refractivity contribution in [3.05, 3.63) is 0 Å². The van der Waals surface area contributed by atoms with Gasteiger partial charge in [0.1, 0.15) is 6.04 Å². The maximum Gasteiger partial charge on any atom is 0.329 e. The largest absolute Gasteiger partial charge is 0.464 e. The van der Waals surface area contributed by atoms with E-state index in [0.29, 0.717) is 24.7 Å². The summed E-state index contributed by atoms with van der Waals surface area (Å²) in [5, 5.41) is 0.118. The molecule has 1 amide bonds. The maximum atomic E-state index is 12.7. The lowest BCUT2D eigenvalue weighted by Gasteiger charge is -2.29. The standard InChI is InChI=1S/C18H33NO3S/c1-5-7-9-10-16(20)19-15(18(21)22-11-8-6-2)13-23-17(19)12-14(3)4/h14-15,17H,5-13H2,1-4H3. The van der Waals surface area contributed by atoms with Crippen molar-refractivity contribution >= 4 is 23.6 Å². The van der Waals surface area contributed by atoms with Gasteiger partial charge in [0.25, 0.3) is 0 Å². The van der Waals surface area contributed by atoms with Crippen LogP contribution < -0.4 is 0 Å². The highest BCUT2D eigenvalue weighted by atomic mass is 32.2. The van der Waals surface area contributed by atoms with Crippen molar-refractivity contribution in [3.63, 3.8) is 0 Å². The number of amides is 1. The minimum Gasteiger partial charge on any atom is -0.464 e. The average molecular weight is 344 g/mol. The molecular formula is C18H33NO3S. The molecule has 0 aliphatic carbocycles. The molecule has 1 rings (SSSR count). The first-order chi connectivity index (χ1) is 11.0. The lowest BCUT2D eigenvalue weighted by molar-refractivity contribution is -0.154. The third-order valence-corrected chi connectivity index (χ3v) is 5.37. The van der Waals surface area contributed by atoms with Gasteiger partial charge in [-0.2, -0.15) is 0 Å². The Labute approximate surface area is 145 Å². The molecule has 2 atom stereocenters. The van der Waals surface area contributed by atoms with Gasteiger partial charge < -0.3 is 9.64 Å². The van der Waals surface area contributed by atoms with Gasteiger partial charge >= 0.3 is 5.97 Å². The zero-order valence-electron chi connectivity index (χ0n) is 15.2. The summed E-state index contributed by atoms with van der Waals surface area (Å²) in [7, 11) is 0. The van der Waals surface area contributed by atoms with Crippen molar-refractivity contribution in [2.75, 3.05) is 12.4 Å². The van der Waals surface area contributed by atoms with Gasteiger partial charge in [0.05, 0.1) is 12.0 Å². The molecule has 1 saturated heterocycles. The molecule has 1 aliphatic heterocycles. The molecule has 1 heterocycles. The molecule has 0 spiro atoms. The lowest BCUT2D eigenvalue weighted by Crippen LogP contribution is -2.46. The molecule has 0 bridgehead atoms. The first-order valence-electron chi connectivity index (χ1n) is 9.10. The van der Waals surface area contributed by atoms with E-state index in [4.69, 9.17) is 4.74 Å². The Morgan fingerprint density at radius 2 is 1.87 bits per heavy atom. The van der Waals surface area contributed by atoms with Crippen molar-refractivity contribution in [2.45, 2.75) is 84.1 Å². The summed E-state index contributed by atoms with van der Waals surface area (Å²) in [6.45, 7) is 8.98. The fourth-order valence-corrected chi connectivity index (χ4v) is 4.38. The number of thioether (sulfide) groups is 1. The molecule has 0 N–H and O–H groups in total. The molecule has 1 aliphatic rings. The van der Waals surface area contributed by atoms with E-state index in [1.54, 1.807) is 11.8 Å². The Hall–Kier alpha value is -0.710. The molecule has 4 nitrogen and oxygen atoms in total. The minimum atomic E-state index is -0.394. The number of rotatable bonds is 10. The Morgan fingerprint density at radius 1 is 1.17 bits per heavy atom. The Balaban J connectivity index is 2.70. The van der Waals surface area contributed by atoms with Crippen LogP contribution in [0.15, 0.2) is 0 Å².